The SMILES string of the molecule is NC(=O)N1CCC(Nc2ccc(Cl)nc2)CC1. The molecule has 5 nitrogen and oxygen atoms in total. The number of carbonyl (C=O) groups excluding carboxylic acids is 1. The van der Waals surface area contributed by atoms with E-state index in [1.54, 1.807) is 17.2 Å². The summed E-state index contributed by atoms with van der Waals surface area (Å²) in [5.74, 6) is 0. The number of nitrogens with one attached hydrogen (secondary N) is 1. The van der Waals surface area contributed by atoms with Crippen LogP contribution in [0, 0.1) is 0 Å². The van der Waals surface area contributed by atoms with Gasteiger partial charge in [0, 0.05) is 19.1 Å². The van der Waals surface area contributed by atoms with Crippen molar-refractivity contribution < 1.29 is 4.79 Å². The summed E-state index contributed by atoms with van der Waals surface area (Å²) < 4.78 is 0. The Bertz CT molecular complexity index is 387. The number of nitrogens with two attached hydrogens (primary N) is 1. The molecule has 0 aliphatic carbocycles. The van der Waals surface area contributed by atoms with Crippen LogP contribution in [0.2, 0.25) is 5.15 Å². The molecule has 0 radical (unpaired) electrons. The van der Waals surface area contributed by atoms with Crippen molar-refractivity contribution >= 4 is 23.3 Å². The van der Waals surface area contributed by atoms with E-state index in [1.165, 1.54) is 0 Å². The molecule has 2 heterocycles. The van der Waals surface area contributed by atoms with Crippen molar-refractivity contribution in [1.82, 2.24) is 9.88 Å². The third-order valence-corrected chi connectivity index (χ3v) is 3.13. The van der Waals surface area contributed by atoms with E-state index >= 15 is 0 Å². The fraction of sp³-hybridized carbons (Fsp3) is 0.455. The van der Waals surface area contributed by atoms with Crippen LogP contribution in [-0.4, -0.2) is 35.0 Å². The molecular formula is C11H15ClN4O. The summed E-state index contributed by atoms with van der Waals surface area (Å²) in [6.45, 7) is 1.40. The molecule has 0 aromatic carbocycles. The number of likely N-dealkylation sites (tertiary alicyclic amines) is 1. The minimum absolute atomic E-state index is 0.336. The topological polar surface area (TPSA) is 71.2 Å². The largest absolute Gasteiger partial charge is 0.381 e. The third kappa shape index (κ3) is 3.23. The Balaban J connectivity index is 1.85. The van der Waals surface area contributed by atoms with Gasteiger partial charge in [-0.1, -0.05) is 11.6 Å². The van der Waals surface area contributed by atoms with E-state index in [1.807, 2.05) is 6.07 Å². The van der Waals surface area contributed by atoms with Gasteiger partial charge in [0.25, 0.3) is 0 Å². The van der Waals surface area contributed by atoms with Crippen molar-refractivity contribution in [2.75, 3.05) is 18.4 Å². The monoisotopic (exact) mass is 254 g/mol. The minimum Gasteiger partial charge on any atom is -0.381 e. The Morgan fingerprint density at radius 2 is 2.18 bits per heavy atom. The number of aromatic nitrogens is 1. The molecule has 0 saturated carbocycles. The van der Waals surface area contributed by atoms with E-state index in [2.05, 4.69) is 10.3 Å². The van der Waals surface area contributed by atoms with E-state index in [9.17, 15) is 4.79 Å². The van der Waals surface area contributed by atoms with Gasteiger partial charge in [0.1, 0.15) is 5.15 Å². The van der Waals surface area contributed by atoms with Crippen LogP contribution < -0.4 is 11.1 Å². The van der Waals surface area contributed by atoms with Crippen molar-refractivity contribution in [3.8, 4) is 0 Å². The zero-order valence-electron chi connectivity index (χ0n) is 9.40. The van der Waals surface area contributed by atoms with Crippen LogP contribution in [0.25, 0.3) is 0 Å². The standard InChI is InChI=1S/C11H15ClN4O/c12-10-2-1-9(7-14-10)15-8-3-5-16(6-4-8)11(13)17/h1-2,7-8,15H,3-6H2,(H2,13,17). The predicted octanol–water partition coefficient (Wildman–Crippen LogP) is 1.69. The van der Waals surface area contributed by atoms with Crippen LogP contribution in [0.3, 0.4) is 0 Å². The Labute approximate surface area is 105 Å². The highest BCUT2D eigenvalue weighted by atomic mass is 35.5. The number of carbonyl (C=O) groups is 1. The number of urea groups is 1. The van der Waals surface area contributed by atoms with Crippen molar-refractivity contribution in [3.63, 3.8) is 0 Å². The number of piperidine rings is 1. The number of pyridine rings is 1. The lowest BCUT2D eigenvalue weighted by molar-refractivity contribution is 0.193. The molecule has 2 amide bonds. The van der Waals surface area contributed by atoms with Crippen LogP contribution in [0.15, 0.2) is 18.3 Å². The molecule has 0 atom stereocenters. The summed E-state index contributed by atoms with van der Waals surface area (Å²) in [6, 6.07) is 3.67. The van der Waals surface area contributed by atoms with Gasteiger partial charge >= 0.3 is 6.03 Å². The zero-order chi connectivity index (χ0) is 12.3. The van der Waals surface area contributed by atoms with E-state index in [-0.39, 0.29) is 6.03 Å². The average molecular weight is 255 g/mol. The van der Waals surface area contributed by atoms with E-state index < -0.39 is 0 Å². The van der Waals surface area contributed by atoms with Crippen molar-refractivity contribution in [1.29, 1.82) is 0 Å². The number of halogens is 1. The van der Waals surface area contributed by atoms with Crippen molar-refractivity contribution in [3.05, 3.63) is 23.5 Å². The van der Waals surface area contributed by atoms with E-state index in [0.29, 0.717) is 24.3 Å². The van der Waals surface area contributed by atoms with Crippen molar-refractivity contribution in [2.45, 2.75) is 18.9 Å². The first kappa shape index (κ1) is 12.0. The van der Waals surface area contributed by atoms with Crippen LogP contribution in [0.4, 0.5) is 10.5 Å². The summed E-state index contributed by atoms with van der Waals surface area (Å²) in [5, 5.41) is 3.85. The first-order chi connectivity index (χ1) is 8.15. The lowest BCUT2D eigenvalue weighted by Gasteiger charge is -2.31. The van der Waals surface area contributed by atoms with Gasteiger partial charge in [0.05, 0.1) is 11.9 Å². The second-order valence-electron chi connectivity index (χ2n) is 4.11. The molecule has 2 rings (SSSR count). The normalized spacial score (nSPS) is 16.9. The number of amides is 2. The van der Waals surface area contributed by atoms with Gasteiger partial charge in [-0.05, 0) is 25.0 Å². The van der Waals surface area contributed by atoms with Crippen LogP contribution in [0.5, 0.6) is 0 Å². The highest BCUT2D eigenvalue weighted by Gasteiger charge is 2.20. The Morgan fingerprint density at radius 1 is 1.47 bits per heavy atom. The third-order valence-electron chi connectivity index (χ3n) is 2.90. The summed E-state index contributed by atoms with van der Waals surface area (Å²) >= 11 is 5.71. The molecule has 1 aliphatic rings. The smallest absolute Gasteiger partial charge is 0.314 e. The predicted molar refractivity (Wildman–Crippen MR) is 67.0 cm³/mol. The fourth-order valence-corrected chi connectivity index (χ4v) is 2.05. The molecule has 6 heteroatoms. The molecule has 1 fully saturated rings. The maximum Gasteiger partial charge on any atom is 0.314 e. The number of hydrogen-bond donors (Lipinski definition) is 2. The molecule has 0 unspecified atom stereocenters. The lowest BCUT2D eigenvalue weighted by Crippen LogP contribution is -2.44. The molecular weight excluding hydrogens is 240 g/mol. The number of anilines is 1. The van der Waals surface area contributed by atoms with E-state index in [0.717, 1.165) is 18.5 Å². The zero-order valence-corrected chi connectivity index (χ0v) is 10.2. The lowest BCUT2D eigenvalue weighted by atomic mass is 10.1. The van der Waals surface area contributed by atoms with Gasteiger partial charge in [-0.3, -0.25) is 0 Å². The van der Waals surface area contributed by atoms with Crippen LogP contribution in [0.1, 0.15) is 12.8 Å². The molecule has 3 N–H and O–H groups in total. The second kappa shape index (κ2) is 5.23. The summed E-state index contributed by atoms with van der Waals surface area (Å²) in [5.41, 5.74) is 6.17. The van der Waals surface area contributed by atoms with Gasteiger partial charge in [-0.2, -0.15) is 0 Å². The Kier molecular flexibility index (Phi) is 3.68. The molecule has 92 valence electrons. The minimum atomic E-state index is -0.336. The van der Waals surface area contributed by atoms with E-state index in [4.69, 9.17) is 17.3 Å². The first-order valence-corrected chi connectivity index (χ1v) is 5.95. The molecule has 1 aliphatic heterocycles. The highest BCUT2D eigenvalue weighted by molar-refractivity contribution is 6.29. The van der Waals surface area contributed by atoms with Gasteiger partial charge in [-0.25, -0.2) is 9.78 Å². The number of hydrogen-bond acceptors (Lipinski definition) is 3. The average Bonchev–Trinajstić information content (AvgIpc) is 2.33. The second-order valence-corrected chi connectivity index (χ2v) is 4.50. The highest BCUT2D eigenvalue weighted by Crippen LogP contribution is 2.16. The van der Waals surface area contributed by atoms with Crippen LogP contribution >= 0.6 is 11.6 Å². The Hall–Kier alpha value is -1.49. The summed E-state index contributed by atoms with van der Waals surface area (Å²) in [4.78, 5) is 16.6. The van der Waals surface area contributed by atoms with Crippen molar-refractivity contribution in [2.24, 2.45) is 5.73 Å². The number of primary amides is 1. The molecule has 1 saturated heterocycles. The molecule has 1 aromatic heterocycles. The molecule has 0 spiro atoms. The fourth-order valence-electron chi connectivity index (χ4n) is 1.94. The first-order valence-electron chi connectivity index (χ1n) is 5.57. The van der Waals surface area contributed by atoms with Gasteiger partial charge in [0.15, 0.2) is 0 Å². The molecule has 17 heavy (non-hydrogen) atoms. The molecule has 0 bridgehead atoms. The summed E-state index contributed by atoms with van der Waals surface area (Å²) in [7, 11) is 0. The number of nitrogens with zero attached hydrogens (tertiary/aromatic N) is 2. The van der Waals surface area contributed by atoms with Gasteiger partial charge in [0.2, 0.25) is 0 Å². The van der Waals surface area contributed by atoms with Gasteiger partial charge in [-0.15, -0.1) is 0 Å². The maximum absolute atomic E-state index is 11.0. The Morgan fingerprint density at radius 3 is 2.71 bits per heavy atom. The summed E-state index contributed by atoms with van der Waals surface area (Å²) in [6.07, 6.45) is 3.50. The van der Waals surface area contributed by atoms with Gasteiger partial charge < -0.3 is 16.0 Å². The molecule has 1 aromatic rings. The number of rotatable bonds is 2. The van der Waals surface area contributed by atoms with Crippen LogP contribution in [-0.2, 0) is 0 Å². The quantitative estimate of drug-likeness (QED) is 0.789. The maximum atomic E-state index is 11.0.